The molecule has 1 fully saturated rings. The van der Waals surface area contributed by atoms with E-state index in [9.17, 15) is 4.79 Å². The van der Waals surface area contributed by atoms with E-state index in [-0.39, 0.29) is 11.9 Å². The maximum atomic E-state index is 13.5. The van der Waals surface area contributed by atoms with Crippen molar-refractivity contribution in [2.45, 2.75) is 25.8 Å². The van der Waals surface area contributed by atoms with Gasteiger partial charge in [-0.2, -0.15) is 5.26 Å². The molecule has 38 heavy (non-hydrogen) atoms. The highest BCUT2D eigenvalue weighted by atomic mass is 16.6. The number of pyridine rings is 1. The number of aromatic nitrogens is 1. The smallest absolute Gasteiger partial charge is 0.259 e. The first-order valence-electron chi connectivity index (χ1n) is 12.9. The standard InChI is InChI=1S/C30H31N5O3/c1-23(20-35(28-9-5-6-14-32-28)30(36)26-12-10-24(19-31)11-13-26)33-15-17-34(18-16-33)29-22-37-27(21-38-29)25-7-3-2-4-8-25/h2-3,5-7,9-14,21-23H,4,8,15-18,20H2,1H3/t23-/m0/s1. The molecular weight excluding hydrogens is 478 g/mol. The highest BCUT2D eigenvalue weighted by molar-refractivity contribution is 6.05. The first kappa shape index (κ1) is 25.3. The molecule has 194 valence electrons. The maximum Gasteiger partial charge on any atom is 0.259 e. The topological polar surface area (TPSA) is 81.9 Å². The molecule has 1 atom stereocenters. The van der Waals surface area contributed by atoms with Crippen molar-refractivity contribution in [1.82, 2.24) is 14.8 Å². The van der Waals surface area contributed by atoms with Crippen molar-refractivity contribution in [3.8, 4) is 6.07 Å². The Hall–Kier alpha value is -4.35. The van der Waals surface area contributed by atoms with Crippen LogP contribution in [0.3, 0.4) is 0 Å². The van der Waals surface area contributed by atoms with Gasteiger partial charge in [-0.05, 0) is 61.7 Å². The molecule has 1 aromatic heterocycles. The zero-order chi connectivity index (χ0) is 26.3. The number of hydrogen-bond donors (Lipinski definition) is 0. The molecule has 5 rings (SSSR count). The van der Waals surface area contributed by atoms with Gasteiger partial charge in [0, 0.05) is 50.5 Å². The average Bonchev–Trinajstić information content (AvgIpc) is 3.00. The Morgan fingerprint density at radius 3 is 2.55 bits per heavy atom. The summed E-state index contributed by atoms with van der Waals surface area (Å²) in [5, 5.41) is 9.10. The zero-order valence-corrected chi connectivity index (χ0v) is 21.5. The second-order valence-electron chi connectivity index (χ2n) is 9.50. The van der Waals surface area contributed by atoms with Crippen LogP contribution in [0.1, 0.15) is 35.7 Å². The van der Waals surface area contributed by atoms with Crippen LogP contribution in [-0.2, 0) is 9.47 Å². The minimum absolute atomic E-state index is 0.108. The molecule has 0 spiro atoms. The number of rotatable bonds is 7. The summed E-state index contributed by atoms with van der Waals surface area (Å²) in [4.78, 5) is 24.2. The Balaban J connectivity index is 1.20. The molecule has 8 heteroatoms. The van der Waals surface area contributed by atoms with E-state index in [2.05, 4.69) is 46.0 Å². The molecule has 0 N–H and O–H groups in total. The SMILES string of the molecule is C[C@@H](CN(C(=O)c1ccc(C#N)cc1)c1ccccn1)N1CCN(C2=COC(C3=CC=CCC3)=CO2)CC1. The summed E-state index contributed by atoms with van der Waals surface area (Å²) >= 11 is 0. The molecule has 1 saturated heterocycles. The highest BCUT2D eigenvalue weighted by Crippen LogP contribution is 2.27. The molecule has 3 aliphatic rings. The van der Waals surface area contributed by atoms with E-state index < -0.39 is 0 Å². The van der Waals surface area contributed by atoms with Crippen molar-refractivity contribution in [2.75, 3.05) is 37.6 Å². The van der Waals surface area contributed by atoms with Crippen LogP contribution >= 0.6 is 0 Å². The Kier molecular flexibility index (Phi) is 7.86. The van der Waals surface area contributed by atoms with Gasteiger partial charge in [0.15, 0.2) is 12.0 Å². The number of anilines is 1. The number of benzene rings is 1. The van der Waals surface area contributed by atoms with E-state index in [4.69, 9.17) is 14.7 Å². The molecule has 0 saturated carbocycles. The number of amides is 1. The fraction of sp³-hybridized carbons (Fsp3) is 0.300. The lowest BCUT2D eigenvalue weighted by atomic mass is 10.0. The van der Waals surface area contributed by atoms with Gasteiger partial charge >= 0.3 is 0 Å². The summed E-state index contributed by atoms with van der Waals surface area (Å²) in [6, 6.07) is 14.5. The molecule has 2 aromatic rings. The minimum Gasteiger partial charge on any atom is -0.456 e. The van der Waals surface area contributed by atoms with Crippen molar-refractivity contribution in [2.24, 2.45) is 0 Å². The summed E-state index contributed by atoms with van der Waals surface area (Å²) < 4.78 is 11.8. The van der Waals surface area contributed by atoms with Crippen molar-refractivity contribution >= 4 is 11.7 Å². The predicted molar refractivity (Wildman–Crippen MR) is 144 cm³/mol. The van der Waals surface area contributed by atoms with Crippen LogP contribution < -0.4 is 4.90 Å². The summed E-state index contributed by atoms with van der Waals surface area (Å²) in [5.41, 5.74) is 2.20. The first-order chi connectivity index (χ1) is 18.6. The van der Waals surface area contributed by atoms with Crippen LogP contribution in [0, 0.1) is 11.3 Å². The number of allylic oxidation sites excluding steroid dienone is 4. The monoisotopic (exact) mass is 509 g/mol. The van der Waals surface area contributed by atoms with Crippen molar-refractivity contribution in [1.29, 1.82) is 5.26 Å². The zero-order valence-electron chi connectivity index (χ0n) is 21.5. The van der Waals surface area contributed by atoms with Crippen LogP contribution in [0.5, 0.6) is 0 Å². The summed E-state index contributed by atoms with van der Waals surface area (Å²) in [6.07, 6.45) is 13.3. The van der Waals surface area contributed by atoms with Gasteiger partial charge in [0.2, 0.25) is 5.88 Å². The van der Waals surface area contributed by atoms with E-state index in [1.54, 1.807) is 47.9 Å². The van der Waals surface area contributed by atoms with Gasteiger partial charge < -0.3 is 14.4 Å². The molecule has 1 aliphatic carbocycles. The van der Waals surface area contributed by atoms with Crippen LogP contribution in [0.15, 0.2) is 96.6 Å². The van der Waals surface area contributed by atoms with Gasteiger partial charge in [0.05, 0.1) is 11.6 Å². The lowest BCUT2D eigenvalue weighted by molar-refractivity contribution is 0.0690. The number of carbonyl (C=O) groups is 1. The first-order valence-corrected chi connectivity index (χ1v) is 12.9. The fourth-order valence-corrected chi connectivity index (χ4v) is 4.79. The van der Waals surface area contributed by atoms with Crippen molar-refractivity contribution in [3.63, 3.8) is 0 Å². The van der Waals surface area contributed by atoms with Crippen molar-refractivity contribution in [3.05, 3.63) is 108 Å². The lowest BCUT2D eigenvalue weighted by Crippen LogP contribution is -2.53. The number of nitrogens with zero attached hydrogens (tertiary/aromatic N) is 5. The molecule has 8 nitrogen and oxygen atoms in total. The Morgan fingerprint density at radius 2 is 1.92 bits per heavy atom. The fourth-order valence-electron chi connectivity index (χ4n) is 4.79. The summed E-state index contributed by atoms with van der Waals surface area (Å²) in [7, 11) is 0. The molecule has 3 heterocycles. The second-order valence-corrected chi connectivity index (χ2v) is 9.50. The summed E-state index contributed by atoms with van der Waals surface area (Å²) in [5.74, 6) is 1.96. The van der Waals surface area contributed by atoms with Crippen molar-refractivity contribution < 1.29 is 14.3 Å². The van der Waals surface area contributed by atoms with Gasteiger partial charge in [-0.15, -0.1) is 0 Å². The van der Waals surface area contributed by atoms with Gasteiger partial charge in [-0.1, -0.05) is 24.3 Å². The molecule has 1 amide bonds. The Labute approximate surface area is 223 Å². The van der Waals surface area contributed by atoms with Gasteiger partial charge in [-0.25, -0.2) is 4.98 Å². The van der Waals surface area contributed by atoms with E-state index >= 15 is 0 Å². The van der Waals surface area contributed by atoms with E-state index in [0.717, 1.165) is 56.2 Å². The van der Waals surface area contributed by atoms with E-state index in [1.807, 2.05) is 18.2 Å². The predicted octanol–water partition coefficient (Wildman–Crippen LogP) is 4.57. The lowest BCUT2D eigenvalue weighted by Gasteiger charge is -2.40. The number of piperazine rings is 1. The molecule has 0 bridgehead atoms. The normalized spacial score (nSPS) is 18.2. The van der Waals surface area contributed by atoms with E-state index in [1.165, 1.54) is 0 Å². The average molecular weight is 510 g/mol. The third-order valence-electron chi connectivity index (χ3n) is 7.03. The molecule has 2 aliphatic heterocycles. The molecule has 1 aromatic carbocycles. The van der Waals surface area contributed by atoms with Gasteiger partial charge in [0.25, 0.3) is 5.91 Å². The Bertz CT molecular complexity index is 1300. The number of carbonyl (C=O) groups excluding carboxylic acids is 1. The molecular formula is C30H31N5O3. The highest BCUT2D eigenvalue weighted by Gasteiger charge is 2.28. The number of hydrogen-bond acceptors (Lipinski definition) is 7. The number of nitriles is 1. The van der Waals surface area contributed by atoms with Gasteiger partial charge in [-0.3, -0.25) is 14.6 Å². The third kappa shape index (κ3) is 5.79. The summed E-state index contributed by atoms with van der Waals surface area (Å²) in [6.45, 7) is 5.87. The molecule has 0 unspecified atom stereocenters. The molecule has 0 radical (unpaired) electrons. The minimum atomic E-state index is -0.136. The number of ether oxygens (including phenoxy) is 2. The van der Waals surface area contributed by atoms with Crippen LogP contribution in [0.2, 0.25) is 0 Å². The van der Waals surface area contributed by atoms with Gasteiger partial charge in [0.1, 0.15) is 12.1 Å². The van der Waals surface area contributed by atoms with Crippen LogP contribution in [-0.4, -0.2) is 59.5 Å². The second kappa shape index (κ2) is 11.8. The Morgan fingerprint density at radius 1 is 1.11 bits per heavy atom. The quantitative estimate of drug-likeness (QED) is 0.541. The van der Waals surface area contributed by atoms with Crippen LogP contribution in [0.4, 0.5) is 5.82 Å². The third-order valence-corrected chi connectivity index (χ3v) is 7.03. The van der Waals surface area contributed by atoms with E-state index in [0.29, 0.717) is 23.5 Å². The largest absolute Gasteiger partial charge is 0.456 e. The van der Waals surface area contributed by atoms with Crippen LogP contribution in [0.25, 0.3) is 0 Å². The maximum absolute atomic E-state index is 13.5.